The molecule has 90 valence electrons. The molecule has 0 aromatic heterocycles. The number of hydrogen-bond donors (Lipinski definition) is 1. The lowest BCUT2D eigenvalue weighted by molar-refractivity contribution is -0.148. The first-order valence-electron chi connectivity index (χ1n) is 4.72. The first kappa shape index (κ1) is 14.6. The molecule has 15 heavy (non-hydrogen) atoms. The minimum Gasteiger partial charge on any atom is -0.465 e. The van der Waals surface area contributed by atoms with Crippen molar-refractivity contribution in [3.63, 3.8) is 0 Å². The molecule has 7 heteroatoms. The van der Waals surface area contributed by atoms with Crippen LogP contribution in [-0.4, -0.2) is 22.6 Å². The van der Waals surface area contributed by atoms with E-state index in [2.05, 4.69) is 9.47 Å². The van der Waals surface area contributed by atoms with E-state index in [1.54, 1.807) is 6.92 Å². The van der Waals surface area contributed by atoms with Gasteiger partial charge in [-0.1, -0.05) is 13.8 Å². The normalized spacial score (nSPS) is 15.8. The fraction of sp³-hybridized carbons (Fsp3) is 0.875. The summed E-state index contributed by atoms with van der Waals surface area (Å²) in [4.78, 5) is 20.8. The molecule has 0 aliphatic heterocycles. The maximum atomic E-state index is 12.0. The maximum absolute atomic E-state index is 12.0. The van der Waals surface area contributed by atoms with Crippen LogP contribution in [0.1, 0.15) is 33.6 Å². The van der Waals surface area contributed by atoms with Crippen LogP contribution < -0.4 is 0 Å². The van der Waals surface area contributed by atoms with Gasteiger partial charge in [-0.15, -0.1) is 4.73 Å². The number of carbonyl (C=O) groups is 1. The Morgan fingerprint density at radius 1 is 1.40 bits per heavy atom. The maximum Gasteiger partial charge on any atom is 0.378 e. The second-order valence-corrected chi connectivity index (χ2v) is 5.08. The van der Waals surface area contributed by atoms with Crippen molar-refractivity contribution in [1.29, 1.82) is 0 Å². The molecule has 1 N–H and O–H groups in total. The van der Waals surface area contributed by atoms with Gasteiger partial charge in [0.05, 0.1) is 6.61 Å². The van der Waals surface area contributed by atoms with Crippen LogP contribution in [0.5, 0.6) is 0 Å². The number of ether oxygens (including phenoxy) is 1. The lowest BCUT2D eigenvalue weighted by Crippen LogP contribution is -2.39. The van der Waals surface area contributed by atoms with Crippen molar-refractivity contribution in [2.75, 3.05) is 6.61 Å². The van der Waals surface area contributed by atoms with Crippen molar-refractivity contribution >= 4 is 13.6 Å². The van der Waals surface area contributed by atoms with Crippen LogP contribution in [0.3, 0.4) is 0 Å². The highest BCUT2D eigenvalue weighted by atomic mass is 31.2. The number of carbonyl (C=O) groups excluding carboxylic acids is 1. The molecule has 0 amide bonds. The molecule has 0 saturated carbocycles. The van der Waals surface area contributed by atoms with E-state index in [0.29, 0.717) is 0 Å². The highest BCUT2D eigenvalue weighted by Crippen LogP contribution is 2.59. The molecule has 0 radical (unpaired) electrons. The molecule has 0 aromatic rings. The summed E-state index contributed by atoms with van der Waals surface area (Å²) >= 11 is 0. The van der Waals surface area contributed by atoms with E-state index in [-0.39, 0.29) is 19.4 Å². The molecule has 0 spiro atoms. The second-order valence-electron chi connectivity index (χ2n) is 3.05. The summed E-state index contributed by atoms with van der Waals surface area (Å²) < 4.78 is 31.2. The lowest BCUT2D eigenvalue weighted by atomic mass is 10.0. The van der Waals surface area contributed by atoms with Crippen LogP contribution in [-0.2, 0) is 18.8 Å². The summed E-state index contributed by atoms with van der Waals surface area (Å²) in [5, 5.41) is -1.81. The predicted molar refractivity (Wildman–Crippen MR) is 52.0 cm³/mol. The first-order valence-corrected chi connectivity index (χ1v) is 6.30. The van der Waals surface area contributed by atoms with E-state index in [1.165, 1.54) is 13.8 Å². The Kier molecular flexibility index (Phi) is 5.42. The van der Waals surface area contributed by atoms with Gasteiger partial charge in [0, 0.05) is 0 Å². The number of hydrogen-bond acceptors (Lipinski definition) is 4. The van der Waals surface area contributed by atoms with Crippen LogP contribution in [0.25, 0.3) is 0 Å². The standard InChI is InChI=1S/C8H16FO5P/c1-4-8(5-2,7(10)13-6-3)15(11,12)14-9/h4-6H2,1-3H3,(H,11,12). The van der Waals surface area contributed by atoms with Crippen LogP contribution >= 0.6 is 7.60 Å². The van der Waals surface area contributed by atoms with Gasteiger partial charge in [-0.3, -0.25) is 9.36 Å². The third kappa shape index (κ3) is 2.56. The van der Waals surface area contributed by atoms with Crippen LogP contribution in [0.2, 0.25) is 0 Å². The zero-order valence-corrected chi connectivity index (χ0v) is 9.92. The summed E-state index contributed by atoms with van der Waals surface area (Å²) in [7, 11) is -4.64. The van der Waals surface area contributed by atoms with Gasteiger partial charge in [0.15, 0.2) is 5.16 Å². The van der Waals surface area contributed by atoms with Gasteiger partial charge in [0.1, 0.15) is 0 Å². The molecule has 1 unspecified atom stereocenters. The zero-order chi connectivity index (χ0) is 12.1. The van der Waals surface area contributed by atoms with E-state index in [4.69, 9.17) is 0 Å². The summed E-state index contributed by atoms with van der Waals surface area (Å²) in [6, 6.07) is 0. The molecule has 0 aliphatic rings. The van der Waals surface area contributed by atoms with E-state index in [9.17, 15) is 18.8 Å². The summed E-state index contributed by atoms with van der Waals surface area (Å²) in [5.74, 6) is -0.904. The quantitative estimate of drug-likeness (QED) is 0.571. The molecule has 0 fully saturated rings. The van der Waals surface area contributed by atoms with Crippen molar-refractivity contribution in [2.45, 2.75) is 38.8 Å². The number of rotatable bonds is 6. The molecule has 0 rings (SSSR count). The Balaban J connectivity index is 5.22. The zero-order valence-electron chi connectivity index (χ0n) is 9.03. The Bertz CT molecular complexity index is 264. The molecule has 0 aliphatic carbocycles. The first-order chi connectivity index (χ1) is 6.91. The highest BCUT2D eigenvalue weighted by Gasteiger charge is 2.54. The van der Waals surface area contributed by atoms with Gasteiger partial charge in [-0.2, -0.15) is 0 Å². The molecule has 0 saturated heterocycles. The molecule has 0 aromatic carbocycles. The van der Waals surface area contributed by atoms with Crippen molar-refractivity contribution in [2.24, 2.45) is 0 Å². The third-order valence-corrected chi connectivity index (χ3v) is 4.54. The largest absolute Gasteiger partial charge is 0.465 e. The van der Waals surface area contributed by atoms with Gasteiger partial charge >= 0.3 is 13.6 Å². The van der Waals surface area contributed by atoms with Gasteiger partial charge in [-0.25, -0.2) is 0 Å². The van der Waals surface area contributed by atoms with Crippen molar-refractivity contribution in [3.05, 3.63) is 0 Å². The molecule has 5 nitrogen and oxygen atoms in total. The average Bonchev–Trinajstić information content (AvgIpc) is 2.20. The highest BCUT2D eigenvalue weighted by molar-refractivity contribution is 7.55. The minimum absolute atomic E-state index is 0.0277. The summed E-state index contributed by atoms with van der Waals surface area (Å²) in [6.07, 6.45) is -0.0555. The van der Waals surface area contributed by atoms with E-state index < -0.39 is 18.7 Å². The Hall–Kier alpha value is -0.450. The summed E-state index contributed by atoms with van der Waals surface area (Å²) in [6.45, 7) is 4.63. The molecule has 0 heterocycles. The van der Waals surface area contributed by atoms with Crippen LogP contribution in [0.4, 0.5) is 4.53 Å². The van der Waals surface area contributed by atoms with Gasteiger partial charge in [0.2, 0.25) is 0 Å². The Morgan fingerprint density at radius 2 is 1.87 bits per heavy atom. The fourth-order valence-electron chi connectivity index (χ4n) is 1.39. The number of halogens is 1. The number of esters is 1. The molecular weight excluding hydrogens is 226 g/mol. The Labute approximate surface area is 88.0 Å². The van der Waals surface area contributed by atoms with Crippen LogP contribution in [0.15, 0.2) is 0 Å². The van der Waals surface area contributed by atoms with Crippen LogP contribution in [0, 0.1) is 0 Å². The van der Waals surface area contributed by atoms with E-state index in [0.717, 1.165) is 0 Å². The smallest absolute Gasteiger partial charge is 0.378 e. The monoisotopic (exact) mass is 242 g/mol. The lowest BCUT2D eigenvalue weighted by Gasteiger charge is -2.29. The average molecular weight is 242 g/mol. The topological polar surface area (TPSA) is 72.8 Å². The predicted octanol–water partition coefficient (Wildman–Crippen LogP) is 2.19. The van der Waals surface area contributed by atoms with Gasteiger partial charge < -0.3 is 9.63 Å². The third-order valence-electron chi connectivity index (χ3n) is 2.46. The van der Waals surface area contributed by atoms with Crippen molar-refractivity contribution < 1.29 is 28.2 Å². The summed E-state index contributed by atoms with van der Waals surface area (Å²) in [5.41, 5.74) is 0. The molecule has 1 atom stereocenters. The van der Waals surface area contributed by atoms with E-state index >= 15 is 0 Å². The SMILES string of the molecule is CCOC(=O)C(CC)(CC)P(=O)(O)OF. The van der Waals surface area contributed by atoms with Gasteiger partial charge in [0.25, 0.3) is 0 Å². The van der Waals surface area contributed by atoms with Crippen molar-refractivity contribution in [1.82, 2.24) is 0 Å². The van der Waals surface area contributed by atoms with Gasteiger partial charge in [-0.05, 0) is 24.3 Å². The molecule has 0 bridgehead atoms. The molecular formula is C8H16FO5P. The van der Waals surface area contributed by atoms with E-state index in [1.807, 2.05) is 0 Å². The second kappa shape index (κ2) is 5.58. The fourth-order valence-corrected chi connectivity index (χ4v) is 2.61. The van der Waals surface area contributed by atoms with Crippen molar-refractivity contribution in [3.8, 4) is 0 Å². The Morgan fingerprint density at radius 3 is 2.13 bits per heavy atom. The minimum atomic E-state index is -4.64.